The molecular formula is C19H28N2O2S. The molecule has 132 valence electrons. The van der Waals surface area contributed by atoms with Gasteiger partial charge in [-0.05, 0) is 37.4 Å². The molecule has 3 rings (SSSR count). The van der Waals surface area contributed by atoms with Crippen LogP contribution < -0.4 is 0 Å². The summed E-state index contributed by atoms with van der Waals surface area (Å²) in [7, 11) is 0. The number of morpholine rings is 1. The first-order valence-corrected chi connectivity index (χ1v) is 10.0. The maximum atomic E-state index is 12.5. The maximum Gasteiger partial charge on any atom is 0.236 e. The zero-order valence-corrected chi connectivity index (χ0v) is 15.3. The molecule has 2 atom stereocenters. The van der Waals surface area contributed by atoms with E-state index in [1.807, 2.05) is 16.7 Å². The Morgan fingerprint density at radius 2 is 2.08 bits per heavy atom. The number of thioether (sulfide) groups is 1. The Morgan fingerprint density at radius 3 is 2.88 bits per heavy atom. The van der Waals surface area contributed by atoms with Crippen LogP contribution in [0.3, 0.4) is 0 Å². The van der Waals surface area contributed by atoms with E-state index in [9.17, 15) is 4.79 Å². The van der Waals surface area contributed by atoms with Gasteiger partial charge in [0.15, 0.2) is 0 Å². The van der Waals surface area contributed by atoms with Gasteiger partial charge in [-0.2, -0.15) is 0 Å². The van der Waals surface area contributed by atoms with Gasteiger partial charge in [-0.15, -0.1) is 11.8 Å². The van der Waals surface area contributed by atoms with Crippen molar-refractivity contribution in [3.63, 3.8) is 0 Å². The minimum atomic E-state index is 0.219. The Labute approximate surface area is 149 Å². The summed E-state index contributed by atoms with van der Waals surface area (Å²) in [5.74, 6) is 2.11. The lowest BCUT2D eigenvalue weighted by atomic mass is 10.2. The zero-order chi connectivity index (χ0) is 16.8. The summed E-state index contributed by atoms with van der Waals surface area (Å²) >= 11 is 1.93. The number of likely N-dealkylation sites (tertiary alicyclic amines) is 1. The second-order valence-corrected chi connectivity index (χ2v) is 7.85. The molecule has 2 aliphatic rings. The number of hydrogen-bond donors (Lipinski definition) is 0. The number of amides is 1. The smallest absolute Gasteiger partial charge is 0.236 e. The van der Waals surface area contributed by atoms with Gasteiger partial charge in [-0.1, -0.05) is 25.1 Å². The van der Waals surface area contributed by atoms with Crippen LogP contribution in [0.2, 0.25) is 0 Å². The van der Waals surface area contributed by atoms with Crippen molar-refractivity contribution < 1.29 is 9.53 Å². The molecule has 0 radical (unpaired) electrons. The lowest BCUT2D eigenvalue weighted by molar-refractivity contribution is -0.139. The molecule has 2 unspecified atom stereocenters. The normalized spacial score (nSPS) is 25.1. The molecule has 0 spiro atoms. The fourth-order valence-electron chi connectivity index (χ4n) is 3.41. The second-order valence-electron chi connectivity index (χ2n) is 6.75. The molecule has 4 nitrogen and oxygen atoms in total. The summed E-state index contributed by atoms with van der Waals surface area (Å²) in [5, 5.41) is 0. The monoisotopic (exact) mass is 348 g/mol. The first-order chi connectivity index (χ1) is 11.7. The van der Waals surface area contributed by atoms with Crippen molar-refractivity contribution >= 4 is 17.7 Å². The highest BCUT2D eigenvalue weighted by Crippen LogP contribution is 2.25. The van der Waals surface area contributed by atoms with Gasteiger partial charge < -0.3 is 9.64 Å². The second kappa shape index (κ2) is 8.88. The standard InChI is InChI=1S/C19H28N2O2S/c1-2-17-13-21(10-11-23-17)19(22)14-20-9-8-16(12-20)15-24-18-6-4-3-5-7-18/h3-7,16-17H,2,8-15H2,1H3. The van der Waals surface area contributed by atoms with Gasteiger partial charge in [0.2, 0.25) is 5.91 Å². The van der Waals surface area contributed by atoms with E-state index in [2.05, 4.69) is 42.2 Å². The number of carbonyl (C=O) groups excluding carboxylic acids is 1. The molecule has 0 N–H and O–H groups in total. The van der Waals surface area contributed by atoms with E-state index in [0.29, 0.717) is 19.1 Å². The van der Waals surface area contributed by atoms with Gasteiger partial charge >= 0.3 is 0 Å². The highest BCUT2D eigenvalue weighted by molar-refractivity contribution is 7.99. The molecule has 0 aromatic heterocycles. The molecule has 1 amide bonds. The van der Waals surface area contributed by atoms with Crippen LogP contribution in [0.25, 0.3) is 0 Å². The minimum Gasteiger partial charge on any atom is -0.375 e. The first-order valence-electron chi connectivity index (χ1n) is 9.04. The van der Waals surface area contributed by atoms with Crippen molar-refractivity contribution in [2.45, 2.75) is 30.8 Å². The summed E-state index contributed by atoms with van der Waals surface area (Å²) in [4.78, 5) is 18.2. The lowest BCUT2D eigenvalue weighted by Crippen LogP contribution is -2.48. The molecule has 2 heterocycles. The third kappa shape index (κ3) is 4.98. The molecule has 0 bridgehead atoms. The molecule has 1 aromatic rings. The van der Waals surface area contributed by atoms with Crippen molar-refractivity contribution in [1.29, 1.82) is 0 Å². The minimum absolute atomic E-state index is 0.219. The summed E-state index contributed by atoms with van der Waals surface area (Å²) in [6.07, 6.45) is 2.40. The number of hydrogen-bond acceptors (Lipinski definition) is 4. The van der Waals surface area contributed by atoms with Crippen LogP contribution in [0.15, 0.2) is 35.2 Å². The molecule has 2 saturated heterocycles. The molecule has 0 aliphatic carbocycles. The summed E-state index contributed by atoms with van der Waals surface area (Å²) < 4.78 is 5.66. The molecule has 2 fully saturated rings. The molecule has 5 heteroatoms. The highest BCUT2D eigenvalue weighted by atomic mass is 32.2. The average molecular weight is 349 g/mol. The summed E-state index contributed by atoms with van der Waals surface area (Å²) in [5.41, 5.74) is 0. The summed E-state index contributed by atoms with van der Waals surface area (Å²) in [6.45, 7) is 6.98. The molecular weight excluding hydrogens is 320 g/mol. The van der Waals surface area contributed by atoms with E-state index >= 15 is 0 Å². The number of carbonyl (C=O) groups is 1. The average Bonchev–Trinajstić information content (AvgIpc) is 3.08. The molecule has 1 aromatic carbocycles. The number of benzene rings is 1. The van der Waals surface area contributed by atoms with Crippen LogP contribution in [0.4, 0.5) is 0 Å². The van der Waals surface area contributed by atoms with Crippen LogP contribution >= 0.6 is 11.8 Å². The third-order valence-corrected chi connectivity index (χ3v) is 6.15. The van der Waals surface area contributed by atoms with E-state index in [1.54, 1.807) is 0 Å². The van der Waals surface area contributed by atoms with Gasteiger partial charge in [-0.3, -0.25) is 9.69 Å². The SMILES string of the molecule is CCC1CN(C(=O)CN2CCC(CSc3ccccc3)C2)CCO1. The van der Waals surface area contributed by atoms with Gasteiger partial charge in [-0.25, -0.2) is 0 Å². The highest BCUT2D eigenvalue weighted by Gasteiger charge is 2.28. The van der Waals surface area contributed by atoms with E-state index in [1.165, 1.54) is 11.3 Å². The lowest BCUT2D eigenvalue weighted by Gasteiger charge is -2.33. The quantitative estimate of drug-likeness (QED) is 0.740. The Bertz CT molecular complexity index is 525. The fourth-order valence-corrected chi connectivity index (χ4v) is 4.46. The topological polar surface area (TPSA) is 32.8 Å². The Kier molecular flexibility index (Phi) is 6.58. The first kappa shape index (κ1) is 17.8. The third-order valence-electron chi connectivity index (χ3n) is 4.90. The number of ether oxygens (including phenoxy) is 1. The largest absolute Gasteiger partial charge is 0.375 e. The Morgan fingerprint density at radius 1 is 1.25 bits per heavy atom. The molecule has 2 aliphatic heterocycles. The van der Waals surface area contributed by atoms with Crippen molar-refractivity contribution in [2.24, 2.45) is 5.92 Å². The van der Waals surface area contributed by atoms with Gasteiger partial charge in [0.05, 0.1) is 19.3 Å². The Balaban J connectivity index is 1.40. The van der Waals surface area contributed by atoms with Gasteiger partial charge in [0.25, 0.3) is 0 Å². The van der Waals surface area contributed by atoms with Gasteiger partial charge in [0, 0.05) is 30.3 Å². The zero-order valence-electron chi connectivity index (χ0n) is 14.5. The van der Waals surface area contributed by atoms with Crippen LogP contribution in [-0.4, -0.2) is 66.9 Å². The fraction of sp³-hybridized carbons (Fsp3) is 0.632. The van der Waals surface area contributed by atoms with Crippen molar-refractivity contribution in [1.82, 2.24) is 9.80 Å². The Hall–Kier alpha value is -1.04. The van der Waals surface area contributed by atoms with Crippen LogP contribution in [-0.2, 0) is 9.53 Å². The number of rotatable bonds is 6. The number of nitrogens with zero attached hydrogens (tertiary/aromatic N) is 2. The van der Waals surface area contributed by atoms with Gasteiger partial charge in [0.1, 0.15) is 0 Å². The van der Waals surface area contributed by atoms with E-state index in [4.69, 9.17) is 4.74 Å². The predicted octanol–water partition coefficient (Wildman–Crippen LogP) is 2.74. The van der Waals surface area contributed by atoms with Crippen molar-refractivity contribution in [3.8, 4) is 0 Å². The van der Waals surface area contributed by atoms with Crippen LogP contribution in [0, 0.1) is 5.92 Å². The van der Waals surface area contributed by atoms with E-state index in [-0.39, 0.29) is 12.0 Å². The van der Waals surface area contributed by atoms with E-state index < -0.39 is 0 Å². The predicted molar refractivity (Wildman–Crippen MR) is 98.3 cm³/mol. The summed E-state index contributed by atoms with van der Waals surface area (Å²) in [6, 6.07) is 10.6. The molecule has 0 saturated carbocycles. The van der Waals surface area contributed by atoms with E-state index in [0.717, 1.165) is 38.4 Å². The van der Waals surface area contributed by atoms with Crippen molar-refractivity contribution in [2.75, 3.05) is 45.1 Å². The van der Waals surface area contributed by atoms with Crippen molar-refractivity contribution in [3.05, 3.63) is 30.3 Å². The maximum absolute atomic E-state index is 12.5. The van der Waals surface area contributed by atoms with Crippen LogP contribution in [0.1, 0.15) is 19.8 Å². The van der Waals surface area contributed by atoms with Crippen LogP contribution in [0.5, 0.6) is 0 Å². The molecule has 24 heavy (non-hydrogen) atoms.